The lowest BCUT2D eigenvalue weighted by molar-refractivity contribution is 0.0690. The molecule has 0 aliphatic rings. The number of carboxylic acid groups (broad SMARTS) is 1. The number of pyridine rings is 1. The summed E-state index contributed by atoms with van der Waals surface area (Å²) in [6, 6.07) is 10.8. The number of methoxy groups -OCH3 is 1. The van der Waals surface area contributed by atoms with Crippen LogP contribution < -0.4 is 14.8 Å². The molecule has 7 nitrogen and oxygen atoms in total. The van der Waals surface area contributed by atoms with Crippen LogP contribution in [0.3, 0.4) is 0 Å². The molecule has 2 N–H and O–H groups in total. The Balaban J connectivity index is 1.92. The van der Waals surface area contributed by atoms with E-state index >= 15 is 0 Å². The molecule has 0 aliphatic heterocycles. The molecule has 0 radical (unpaired) electrons. The van der Waals surface area contributed by atoms with Crippen LogP contribution >= 0.6 is 0 Å². The number of alkyl halides is 1. The number of carbonyl (C=O) groups excluding carboxylic acids is 1. The van der Waals surface area contributed by atoms with E-state index in [2.05, 4.69) is 10.3 Å². The molecule has 0 saturated carbocycles. The van der Waals surface area contributed by atoms with Crippen LogP contribution in [-0.2, 0) is 6.67 Å². The molecule has 0 unspecified atom stereocenters. The number of anilines is 1. The standard InChI is InChI=1S/C21H16F2N2O5/c1-29-19-15(23)3-2-4-18(19)30-17-8-5-12(10-22)9-14(17)20(26)25-13-6-7-16(21(27)28)24-11-13/h2-9,11H,10H2,1H3,(H,25,26)(H,27,28). The van der Waals surface area contributed by atoms with Crippen molar-refractivity contribution in [1.82, 2.24) is 4.98 Å². The Labute approximate surface area is 169 Å². The molecule has 9 heteroatoms. The lowest BCUT2D eigenvalue weighted by atomic mass is 10.1. The zero-order valence-electron chi connectivity index (χ0n) is 15.7. The van der Waals surface area contributed by atoms with Crippen molar-refractivity contribution < 1.29 is 33.0 Å². The molecule has 154 valence electrons. The number of halogens is 2. The Morgan fingerprint density at radius 3 is 2.57 bits per heavy atom. The highest BCUT2D eigenvalue weighted by Crippen LogP contribution is 2.35. The van der Waals surface area contributed by atoms with Crippen LogP contribution in [0.2, 0.25) is 0 Å². The molecule has 1 amide bonds. The van der Waals surface area contributed by atoms with E-state index in [-0.39, 0.29) is 39.8 Å². The summed E-state index contributed by atoms with van der Waals surface area (Å²) in [6.45, 7) is -0.807. The van der Waals surface area contributed by atoms with E-state index in [1.165, 1.54) is 61.8 Å². The Kier molecular flexibility index (Phi) is 6.21. The second-order valence-electron chi connectivity index (χ2n) is 6.03. The lowest BCUT2D eigenvalue weighted by Crippen LogP contribution is -2.14. The third-order valence-electron chi connectivity index (χ3n) is 4.04. The summed E-state index contributed by atoms with van der Waals surface area (Å²) in [5.41, 5.74) is 0.261. The number of benzene rings is 2. The van der Waals surface area contributed by atoms with Gasteiger partial charge in [0.2, 0.25) is 0 Å². The van der Waals surface area contributed by atoms with Crippen molar-refractivity contribution in [3.8, 4) is 17.2 Å². The van der Waals surface area contributed by atoms with E-state index in [9.17, 15) is 18.4 Å². The van der Waals surface area contributed by atoms with Crippen LogP contribution in [0.1, 0.15) is 26.4 Å². The van der Waals surface area contributed by atoms with Crippen molar-refractivity contribution in [1.29, 1.82) is 0 Å². The first-order valence-corrected chi connectivity index (χ1v) is 8.63. The van der Waals surface area contributed by atoms with Gasteiger partial charge < -0.3 is 19.9 Å². The second kappa shape index (κ2) is 8.99. The van der Waals surface area contributed by atoms with Gasteiger partial charge in [-0.05, 0) is 42.0 Å². The van der Waals surface area contributed by atoms with Gasteiger partial charge in [0.05, 0.1) is 24.6 Å². The fourth-order valence-electron chi connectivity index (χ4n) is 2.61. The first kappa shape index (κ1) is 20.7. The normalized spacial score (nSPS) is 10.4. The fraction of sp³-hybridized carbons (Fsp3) is 0.0952. The topological polar surface area (TPSA) is 97.8 Å². The van der Waals surface area contributed by atoms with Crippen molar-refractivity contribution in [2.45, 2.75) is 6.67 Å². The second-order valence-corrected chi connectivity index (χ2v) is 6.03. The molecule has 0 bridgehead atoms. The van der Waals surface area contributed by atoms with Gasteiger partial charge in [0.1, 0.15) is 18.1 Å². The average molecular weight is 414 g/mol. The minimum Gasteiger partial charge on any atom is -0.490 e. The number of carboxylic acids is 1. The molecule has 2 aromatic carbocycles. The molecule has 0 aliphatic carbocycles. The first-order chi connectivity index (χ1) is 14.4. The van der Waals surface area contributed by atoms with Gasteiger partial charge in [0, 0.05) is 0 Å². The van der Waals surface area contributed by atoms with Crippen LogP contribution in [0.5, 0.6) is 17.2 Å². The smallest absolute Gasteiger partial charge is 0.354 e. The lowest BCUT2D eigenvalue weighted by Gasteiger charge is -2.15. The maximum Gasteiger partial charge on any atom is 0.354 e. The van der Waals surface area contributed by atoms with E-state index in [1.54, 1.807) is 0 Å². The first-order valence-electron chi connectivity index (χ1n) is 8.63. The highest BCUT2D eigenvalue weighted by atomic mass is 19.1. The number of hydrogen-bond donors (Lipinski definition) is 2. The van der Waals surface area contributed by atoms with Gasteiger partial charge in [-0.15, -0.1) is 0 Å². The number of carbonyl (C=O) groups is 2. The average Bonchev–Trinajstić information content (AvgIpc) is 2.74. The fourth-order valence-corrected chi connectivity index (χ4v) is 2.61. The summed E-state index contributed by atoms with van der Waals surface area (Å²) >= 11 is 0. The summed E-state index contributed by atoms with van der Waals surface area (Å²) in [5, 5.41) is 11.4. The number of ether oxygens (including phenoxy) is 2. The third kappa shape index (κ3) is 4.52. The van der Waals surface area contributed by atoms with Gasteiger partial charge in [-0.2, -0.15) is 0 Å². The van der Waals surface area contributed by atoms with Gasteiger partial charge >= 0.3 is 5.97 Å². The van der Waals surface area contributed by atoms with Crippen LogP contribution in [0, 0.1) is 5.82 Å². The van der Waals surface area contributed by atoms with Crippen molar-refractivity contribution >= 4 is 17.6 Å². The Morgan fingerprint density at radius 1 is 1.13 bits per heavy atom. The van der Waals surface area contributed by atoms with Gasteiger partial charge in [0.15, 0.2) is 17.3 Å². The van der Waals surface area contributed by atoms with E-state index in [0.29, 0.717) is 0 Å². The Morgan fingerprint density at radius 2 is 1.93 bits per heavy atom. The summed E-state index contributed by atoms with van der Waals surface area (Å²) < 4.78 is 37.7. The molecular formula is C21H16F2N2O5. The molecule has 3 aromatic rings. The number of amides is 1. The summed E-state index contributed by atoms with van der Waals surface area (Å²) in [5.74, 6) is -2.57. The van der Waals surface area contributed by atoms with E-state index < -0.39 is 24.4 Å². The predicted molar refractivity (Wildman–Crippen MR) is 103 cm³/mol. The zero-order chi connectivity index (χ0) is 21.7. The number of aromatic carboxylic acids is 1. The van der Waals surface area contributed by atoms with E-state index in [4.69, 9.17) is 14.6 Å². The summed E-state index contributed by atoms with van der Waals surface area (Å²) in [6.07, 6.45) is 1.18. The number of rotatable bonds is 7. The minimum atomic E-state index is -1.21. The molecule has 1 aromatic heterocycles. The van der Waals surface area contributed by atoms with Crippen molar-refractivity contribution in [3.63, 3.8) is 0 Å². The van der Waals surface area contributed by atoms with Crippen LogP contribution in [0.25, 0.3) is 0 Å². The maximum atomic E-state index is 13.9. The van der Waals surface area contributed by atoms with Crippen molar-refractivity contribution in [2.24, 2.45) is 0 Å². The minimum absolute atomic E-state index is 0.0150. The number of nitrogens with zero attached hydrogens (tertiary/aromatic N) is 1. The summed E-state index contributed by atoms with van der Waals surface area (Å²) in [7, 11) is 1.28. The van der Waals surface area contributed by atoms with Crippen LogP contribution in [0.4, 0.5) is 14.5 Å². The number of aromatic nitrogens is 1. The van der Waals surface area contributed by atoms with Crippen molar-refractivity contribution in [2.75, 3.05) is 12.4 Å². The molecule has 0 spiro atoms. The zero-order valence-corrected chi connectivity index (χ0v) is 15.7. The maximum absolute atomic E-state index is 13.9. The highest BCUT2D eigenvalue weighted by Gasteiger charge is 2.18. The van der Waals surface area contributed by atoms with E-state index in [0.717, 1.165) is 0 Å². The van der Waals surface area contributed by atoms with Gasteiger partial charge in [0.25, 0.3) is 5.91 Å². The molecule has 0 saturated heterocycles. The molecule has 1 heterocycles. The highest BCUT2D eigenvalue weighted by molar-refractivity contribution is 6.06. The Hall–Kier alpha value is -4.01. The Bertz CT molecular complexity index is 1090. The van der Waals surface area contributed by atoms with Gasteiger partial charge in [-0.1, -0.05) is 12.1 Å². The van der Waals surface area contributed by atoms with Crippen molar-refractivity contribution in [3.05, 3.63) is 77.4 Å². The molecule has 3 rings (SSSR count). The number of hydrogen-bond acceptors (Lipinski definition) is 5. The molecule has 30 heavy (non-hydrogen) atoms. The SMILES string of the molecule is COc1c(F)cccc1Oc1ccc(CF)cc1C(=O)Nc1ccc(C(=O)O)nc1. The van der Waals surface area contributed by atoms with Crippen LogP contribution in [0.15, 0.2) is 54.7 Å². The third-order valence-corrected chi connectivity index (χ3v) is 4.04. The van der Waals surface area contributed by atoms with E-state index in [1.807, 2.05) is 0 Å². The molecular weight excluding hydrogens is 398 g/mol. The molecule has 0 fully saturated rings. The van der Waals surface area contributed by atoms with Gasteiger partial charge in [-0.3, -0.25) is 4.79 Å². The quantitative estimate of drug-likeness (QED) is 0.593. The molecule has 0 atom stereocenters. The van der Waals surface area contributed by atoms with Crippen LogP contribution in [-0.4, -0.2) is 29.1 Å². The number of para-hydroxylation sites is 1. The monoisotopic (exact) mass is 414 g/mol. The van der Waals surface area contributed by atoms with Gasteiger partial charge in [-0.25, -0.2) is 18.6 Å². The largest absolute Gasteiger partial charge is 0.490 e. The summed E-state index contributed by atoms with van der Waals surface area (Å²) in [4.78, 5) is 27.4. The predicted octanol–water partition coefficient (Wildman–Crippen LogP) is 4.44. The number of nitrogens with one attached hydrogen (secondary N) is 1.